The average molecular weight is 342 g/mol. The molecule has 2 heterocycles. The van der Waals surface area contributed by atoms with Crippen molar-refractivity contribution in [2.75, 3.05) is 18.4 Å². The van der Waals surface area contributed by atoms with Crippen LogP contribution in [0, 0.1) is 36.9 Å². The van der Waals surface area contributed by atoms with E-state index < -0.39 is 0 Å². The van der Waals surface area contributed by atoms with Crippen molar-refractivity contribution in [1.29, 1.82) is 0 Å². The Hall–Kier alpha value is -2.37. The van der Waals surface area contributed by atoms with Gasteiger partial charge in [-0.1, -0.05) is 26.0 Å². The van der Waals surface area contributed by atoms with E-state index in [1.807, 2.05) is 18.7 Å². The van der Waals surface area contributed by atoms with Crippen LogP contribution in [0.25, 0.3) is 5.69 Å². The number of fused-ring (bicyclic) bond motifs is 1. The molecule has 1 saturated heterocycles. The zero-order chi connectivity index (χ0) is 17.9. The first-order chi connectivity index (χ1) is 11.8. The summed E-state index contributed by atoms with van der Waals surface area (Å²) >= 11 is 0. The minimum Gasteiger partial charge on any atom is -0.324 e. The second-order valence-electron chi connectivity index (χ2n) is 7.78. The van der Waals surface area contributed by atoms with Crippen LogP contribution in [-0.2, 0) is 0 Å². The van der Waals surface area contributed by atoms with Gasteiger partial charge in [-0.2, -0.15) is 5.10 Å². The van der Waals surface area contributed by atoms with Crippen molar-refractivity contribution in [2.24, 2.45) is 17.3 Å². The third-order valence-corrected chi connectivity index (χ3v) is 6.01. The van der Waals surface area contributed by atoms with Crippen LogP contribution in [0.5, 0.6) is 0 Å². The highest BCUT2D eigenvalue weighted by Gasteiger charge is 2.62. The molecule has 2 atom stereocenters. The molecule has 2 amide bonds. The zero-order valence-corrected chi connectivity index (χ0v) is 15.0. The van der Waals surface area contributed by atoms with E-state index in [1.165, 1.54) is 6.07 Å². The highest BCUT2D eigenvalue weighted by molar-refractivity contribution is 5.91. The van der Waals surface area contributed by atoms with Crippen LogP contribution >= 0.6 is 0 Å². The number of hydrogen-bond donors (Lipinski definition) is 1. The highest BCUT2D eigenvalue weighted by Crippen LogP contribution is 2.61. The summed E-state index contributed by atoms with van der Waals surface area (Å²) < 4.78 is 15.6. The number of piperidine rings is 1. The van der Waals surface area contributed by atoms with Crippen molar-refractivity contribution >= 4 is 11.7 Å². The summed E-state index contributed by atoms with van der Waals surface area (Å²) in [6.07, 6.45) is 0. The second-order valence-corrected chi connectivity index (χ2v) is 7.78. The summed E-state index contributed by atoms with van der Waals surface area (Å²) in [6.45, 7) is 9.82. The molecular weight excluding hydrogens is 319 g/mol. The molecule has 0 bridgehead atoms. The number of aryl methyl sites for hydroxylation is 1. The van der Waals surface area contributed by atoms with Crippen LogP contribution in [0.4, 0.5) is 14.9 Å². The fourth-order valence-corrected chi connectivity index (χ4v) is 4.17. The summed E-state index contributed by atoms with van der Waals surface area (Å²) in [5.74, 6) is 0.885. The zero-order valence-electron chi connectivity index (χ0n) is 15.0. The van der Waals surface area contributed by atoms with Gasteiger partial charge in [0.05, 0.1) is 17.1 Å². The van der Waals surface area contributed by atoms with Crippen LogP contribution < -0.4 is 5.32 Å². The van der Waals surface area contributed by atoms with E-state index in [9.17, 15) is 9.18 Å². The number of carbonyl (C=O) groups excluding carboxylic acids is 1. The van der Waals surface area contributed by atoms with Crippen molar-refractivity contribution in [3.05, 3.63) is 41.5 Å². The lowest BCUT2D eigenvalue weighted by Crippen LogP contribution is -2.36. The molecule has 132 valence electrons. The number of anilines is 1. The van der Waals surface area contributed by atoms with Gasteiger partial charge in [-0.05, 0) is 43.2 Å². The van der Waals surface area contributed by atoms with Crippen molar-refractivity contribution in [3.8, 4) is 5.69 Å². The first-order valence-corrected chi connectivity index (χ1v) is 8.67. The number of rotatable bonds is 2. The molecule has 25 heavy (non-hydrogen) atoms. The Morgan fingerprint density at radius 1 is 1.24 bits per heavy atom. The normalized spacial score (nSPS) is 23.5. The molecule has 6 heteroatoms. The number of aromatic nitrogens is 2. The Morgan fingerprint density at radius 3 is 2.52 bits per heavy atom. The number of halogens is 1. The van der Waals surface area contributed by atoms with Crippen molar-refractivity contribution < 1.29 is 9.18 Å². The minimum absolute atomic E-state index is 0.0951. The fraction of sp³-hybridized carbons (Fsp3) is 0.474. The van der Waals surface area contributed by atoms with Crippen LogP contribution in [0.15, 0.2) is 24.3 Å². The molecule has 5 nitrogen and oxygen atoms in total. The number of nitrogens with zero attached hydrogens (tertiary/aromatic N) is 3. The number of para-hydroxylation sites is 1. The lowest BCUT2D eigenvalue weighted by molar-refractivity contribution is 0.209. The molecule has 2 aromatic rings. The van der Waals surface area contributed by atoms with Gasteiger partial charge in [0.1, 0.15) is 11.5 Å². The van der Waals surface area contributed by atoms with Gasteiger partial charge < -0.3 is 10.2 Å². The maximum Gasteiger partial charge on any atom is 0.321 e. The Kier molecular flexibility index (Phi) is 3.42. The average Bonchev–Trinajstić information content (AvgIpc) is 2.93. The SMILES string of the molecule is Cc1nn(-c2ccccc2F)c(C)c1NC(=O)N1C[C@@H]2[C@@H](C1)C2(C)C. The number of nitrogens with one attached hydrogen (secondary N) is 1. The number of likely N-dealkylation sites (tertiary alicyclic amines) is 1. The standard InChI is InChI=1S/C19H23FN4O/c1-11-17(12(2)24(22-11)16-8-6-5-7-15(16)20)21-18(25)23-9-13-14(10-23)19(13,3)4/h5-8,13-14H,9-10H2,1-4H3,(H,21,25)/t13-,14-/m1/s1. The van der Waals surface area contributed by atoms with E-state index in [1.54, 1.807) is 22.9 Å². The van der Waals surface area contributed by atoms with Crippen LogP contribution in [0.1, 0.15) is 25.2 Å². The molecule has 1 aliphatic heterocycles. The van der Waals surface area contributed by atoms with Gasteiger partial charge in [0.2, 0.25) is 0 Å². The van der Waals surface area contributed by atoms with E-state index in [0.29, 0.717) is 34.3 Å². The summed E-state index contributed by atoms with van der Waals surface area (Å²) in [6, 6.07) is 6.40. The molecule has 1 aliphatic carbocycles. The van der Waals surface area contributed by atoms with Crippen molar-refractivity contribution in [2.45, 2.75) is 27.7 Å². The monoisotopic (exact) mass is 342 g/mol. The summed E-state index contributed by atoms with van der Waals surface area (Å²) in [7, 11) is 0. The molecular formula is C19H23FN4O. The van der Waals surface area contributed by atoms with Crippen molar-refractivity contribution in [1.82, 2.24) is 14.7 Å². The number of amides is 2. The maximum atomic E-state index is 14.1. The van der Waals surface area contributed by atoms with Crippen LogP contribution in [-0.4, -0.2) is 33.8 Å². The lowest BCUT2D eigenvalue weighted by atomic mass is 10.1. The molecule has 1 N–H and O–H groups in total. The van der Waals surface area contributed by atoms with E-state index >= 15 is 0 Å². The molecule has 4 rings (SSSR count). The van der Waals surface area contributed by atoms with Gasteiger partial charge in [0.25, 0.3) is 0 Å². The third kappa shape index (κ3) is 2.42. The van der Waals surface area contributed by atoms with E-state index in [0.717, 1.165) is 18.8 Å². The number of carbonyl (C=O) groups is 1. The third-order valence-electron chi connectivity index (χ3n) is 6.01. The van der Waals surface area contributed by atoms with E-state index in [2.05, 4.69) is 24.3 Å². The first kappa shape index (κ1) is 16.1. The number of benzene rings is 1. The largest absolute Gasteiger partial charge is 0.324 e. The fourth-order valence-electron chi connectivity index (χ4n) is 4.17. The van der Waals surface area contributed by atoms with Gasteiger partial charge in [0.15, 0.2) is 0 Å². The summed E-state index contributed by atoms with van der Waals surface area (Å²) in [5.41, 5.74) is 2.82. The number of urea groups is 1. The topological polar surface area (TPSA) is 50.2 Å². The predicted octanol–water partition coefficient (Wildman–Crippen LogP) is 3.75. The smallest absolute Gasteiger partial charge is 0.321 e. The molecule has 1 aromatic heterocycles. The van der Waals surface area contributed by atoms with Gasteiger partial charge in [-0.25, -0.2) is 13.9 Å². The Bertz CT molecular complexity index is 843. The van der Waals surface area contributed by atoms with Gasteiger partial charge in [-0.3, -0.25) is 0 Å². The highest BCUT2D eigenvalue weighted by atomic mass is 19.1. The molecule has 2 aliphatic rings. The van der Waals surface area contributed by atoms with Crippen LogP contribution in [0.3, 0.4) is 0 Å². The van der Waals surface area contributed by atoms with E-state index in [4.69, 9.17) is 0 Å². The predicted molar refractivity (Wildman–Crippen MR) is 94.3 cm³/mol. The maximum absolute atomic E-state index is 14.1. The minimum atomic E-state index is -0.340. The van der Waals surface area contributed by atoms with Gasteiger partial charge in [0, 0.05) is 13.1 Å². The van der Waals surface area contributed by atoms with Gasteiger partial charge in [-0.15, -0.1) is 0 Å². The molecule has 0 unspecified atom stereocenters. The first-order valence-electron chi connectivity index (χ1n) is 8.67. The molecule has 0 spiro atoms. The number of hydrogen-bond acceptors (Lipinski definition) is 2. The molecule has 1 saturated carbocycles. The molecule has 0 radical (unpaired) electrons. The Labute approximate surface area is 146 Å². The van der Waals surface area contributed by atoms with Crippen LogP contribution in [0.2, 0.25) is 0 Å². The Balaban J connectivity index is 1.54. The molecule has 1 aromatic carbocycles. The quantitative estimate of drug-likeness (QED) is 0.904. The summed E-state index contributed by atoms with van der Waals surface area (Å²) in [4.78, 5) is 14.5. The Morgan fingerprint density at radius 2 is 1.88 bits per heavy atom. The van der Waals surface area contributed by atoms with E-state index in [-0.39, 0.29) is 11.8 Å². The van der Waals surface area contributed by atoms with Crippen molar-refractivity contribution in [3.63, 3.8) is 0 Å². The molecule has 2 fully saturated rings. The van der Waals surface area contributed by atoms with Gasteiger partial charge >= 0.3 is 6.03 Å². The summed E-state index contributed by atoms with van der Waals surface area (Å²) in [5, 5.41) is 7.39. The second kappa shape index (κ2) is 5.31. The lowest BCUT2D eigenvalue weighted by Gasteiger charge is -2.22.